The molecule has 24 heavy (non-hydrogen) atoms. The van der Waals surface area contributed by atoms with Gasteiger partial charge in [0.15, 0.2) is 0 Å². The van der Waals surface area contributed by atoms with Gasteiger partial charge < -0.3 is 11.5 Å². The third kappa shape index (κ3) is 3.47. The Labute approximate surface area is 148 Å². The van der Waals surface area contributed by atoms with Crippen LogP contribution in [0, 0.1) is 6.92 Å². The zero-order valence-electron chi connectivity index (χ0n) is 14.0. The van der Waals surface area contributed by atoms with Crippen LogP contribution in [0.4, 0.5) is 0 Å². The zero-order chi connectivity index (χ0) is 17.3. The summed E-state index contributed by atoms with van der Waals surface area (Å²) in [5.74, 6) is 0.107. The lowest BCUT2D eigenvalue weighted by molar-refractivity contribution is -0.429. The first-order chi connectivity index (χ1) is 11.5. The molecule has 126 valence electrons. The number of fused-ring (bicyclic) bond motifs is 1. The van der Waals surface area contributed by atoms with Crippen LogP contribution in [0.3, 0.4) is 0 Å². The summed E-state index contributed by atoms with van der Waals surface area (Å²) in [6, 6.07) is 13.2. The number of amides is 1. The molecule has 0 fully saturated rings. The predicted octanol–water partition coefficient (Wildman–Crippen LogP) is 3.28. The van der Waals surface area contributed by atoms with E-state index in [0.29, 0.717) is 24.8 Å². The molecule has 1 amide bonds. The molecule has 1 aliphatic carbocycles. The monoisotopic (exact) mass is 343 g/mol. The van der Waals surface area contributed by atoms with E-state index in [9.17, 15) is 4.79 Å². The Morgan fingerprint density at radius 3 is 2.71 bits per heavy atom. The van der Waals surface area contributed by atoms with Crippen LogP contribution < -0.4 is 11.5 Å². The number of halogens is 1. The maximum Gasteiger partial charge on any atom is 0.217 e. The molecule has 2 aromatic rings. The third-order valence-corrected chi connectivity index (χ3v) is 5.44. The fourth-order valence-corrected chi connectivity index (χ4v) is 3.75. The second-order valence-electron chi connectivity index (χ2n) is 6.77. The molecule has 1 aliphatic rings. The molecule has 2 atom stereocenters. The van der Waals surface area contributed by atoms with Crippen LogP contribution in [-0.2, 0) is 11.2 Å². The van der Waals surface area contributed by atoms with E-state index in [2.05, 4.69) is 36.1 Å². The molecular weight excluding hydrogens is 320 g/mol. The summed E-state index contributed by atoms with van der Waals surface area (Å²) in [5, 5.41) is 0.806. The van der Waals surface area contributed by atoms with Gasteiger partial charge in [-0.1, -0.05) is 41.9 Å². The minimum Gasteiger partial charge on any atom is -0.370 e. The van der Waals surface area contributed by atoms with Gasteiger partial charge in [0.1, 0.15) is 6.04 Å². The highest BCUT2D eigenvalue weighted by molar-refractivity contribution is 6.31. The lowest BCUT2D eigenvalue weighted by atomic mass is 9.76. The van der Waals surface area contributed by atoms with Crippen molar-refractivity contribution in [2.45, 2.75) is 44.6 Å². The normalized spacial score (nSPS) is 19.8. The Bertz CT molecular complexity index is 772. The molecule has 0 spiro atoms. The largest absolute Gasteiger partial charge is 0.370 e. The summed E-state index contributed by atoms with van der Waals surface area (Å²) < 4.78 is 0. The summed E-state index contributed by atoms with van der Waals surface area (Å²) in [7, 11) is 0. The van der Waals surface area contributed by atoms with Gasteiger partial charge in [0.05, 0.1) is 0 Å². The van der Waals surface area contributed by atoms with E-state index in [-0.39, 0.29) is 5.91 Å². The average molecular weight is 344 g/mol. The molecule has 0 aromatic heterocycles. The van der Waals surface area contributed by atoms with Gasteiger partial charge in [-0.3, -0.25) is 4.79 Å². The van der Waals surface area contributed by atoms with Gasteiger partial charge in [0.25, 0.3) is 0 Å². The van der Waals surface area contributed by atoms with Crippen LogP contribution in [-0.4, -0.2) is 5.91 Å². The second kappa shape index (κ2) is 6.96. The van der Waals surface area contributed by atoms with E-state index in [1.807, 2.05) is 13.0 Å². The van der Waals surface area contributed by atoms with Crippen molar-refractivity contribution in [3.8, 4) is 0 Å². The second-order valence-corrected chi connectivity index (χ2v) is 7.17. The zero-order valence-corrected chi connectivity index (χ0v) is 14.8. The maximum atomic E-state index is 11.1. The van der Waals surface area contributed by atoms with Gasteiger partial charge in [-0.2, -0.15) is 0 Å². The molecule has 3 nitrogen and oxygen atoms in total. The van der Waals surface area contributed by atoms with Crippen LogP contribution in [0.25, 0.3) is 0 Å². The Balaban J connectivity index is 1.99. The van der Waals surface area contributed by atoms with Crippen molar-refractivity contribution >= 4 is 17.5 Å². The third-order valence-electron chi connectivity index (χ3n) is 5.01. The van der Waals surface area contributed by atoms with Crippen molar-refractivity contribution in [3.05, 3.63) is 69.2 Å². The van der Waals surface area contributed by atoms with E-state index in [4.69, 9.17) is 17.3 Å². The quantitative estimate of drug-likeness (QED) is 0.878. The predicted molar refractivity (Wildman–Crippen MR) is 96.9 cm³/mol. The van der Waals surface area contributed by atoms with Crippen molar-refractivity contribution in [3.63, 3.8) is 0 Å². The van der Waals surface area contributed by atoms with Crippen molar-refractivity contribution in [2.24, 2.45) is 5.73 Å². The first-order valence-corrected chi connectivity index (χ1v) is 8.83. The molecule has 0 saturated carbocycles. The number of benzene rings is 2. The number of carbonyl (C=O) groups excluding carboxylic acids is 1. The highest BCUT2D eigenvalue weighted by Crippen LogP contribution is 2.40. The summed E-state index contributed by atoms with van der Waals surface area (Å²) in [4.78, 5) is 11.1. The fourth-order valence-electron chi connectivity index (χ4n) is 3.63. The summed E-state index contributed by atoms with van der Waals surface area (Å²) >= 11 is 6.19. The van der Waals surface area contributed by atoms with Crippen LogP contribution >= 0.6 is 11.6 Å². The molecule has 0 aliphatic heterocycles. The van der Waals surface area contributed by atoms with Gasteiger partial charge in [-0.15, -0.1) is 0 Å². The van der Waals surface area contributed by atoms with Crippen LogP contribution in [0.1, 0.15) is 59.0 Å². The Morgan fingerprint density at radius 2 is 2.00 bits per heavy atom. The molecule has 0 radical (unpaired) electrons. The SMILES string of the molecule is Cc1cc(C2CCC([NH3+])c3ccc(CCC(N)=O)cc32)ccc1Cl. The van der Waals surface area contributed by atoms with E-state index in [0.717, 1.165) is 29.0 Å². The standard InChI is InChI=1S/C20H23ClN2O/c1-12-10-14(4-7-18(12)21)15-6-8-19(22)16-5-2-13(11-17(15)16)3-9-20(23)24/h2,4-5,7,10-11,15,19H,3,6,8-9,22H2,1H3,(H2,23,24)/p+1. The Kier molecular flexibility index (Phi) is 4.93. The molecule has 0 saturated heterocycles. The highest BCUT2D eigenvalue weighted by atomic mass is 35.5. The Hall–Kier alpha value is -1.84. The van der Waals surface area contributed by atoms with Crippen molar-refractivity contribution in [1.82, 2.24) is 0 Å². The molecular formula is C20H24ClN2O+. The average Bonchev–Trinajstić information content (AvgIpc) is 2.56. The number of aryl methyl sites for hydroxylation is 2. The lowest BCUT2D eigenvalue weighted by Gasteiger charge is -2.29. The van der Waals surface area contributed by atoms with Gasteiger partial charge in [-0.25, -0.2) is 0 Å². The summed E-state index contributed by atoms with van der Waals surface area (Å²) in [5.41, 5.74) is 15.8. The molecule has 2 aromatic carbocycles. The smallest absolute Gasteiger partial charge is 0.217 e. The van der Waals surface area contributed by atoms with Gasteiger partial charge >= 0.3 is 0 Å². The molecule has 5 N–H and O–H groups in total. The number of rotatable bonds is 4. The number of nitrogens with two attached hydrogens (primary N) is 1. The van der Waals surface area contributed by atoms with Gasteiger partial charge in [0.2, 0.25) is 5.91 Å². The molecule has 2 unspecified atom stereocenters. The van der Waals surface area contributed by atoms with Crippen LogP contribution in [0.2, 0.25) is 5.02 Å². The number of primary amides is 1. The van der Waals surface area contributed by atoms with Crippen molar-refractivity contribution in [2.75, 3.05) is 0 Å². The molecule has 0 bridgehead atoms. The van der Waals surface area contributed by atoms with E-state index < -0.39 is 0 Å². The fraction of sp³-hybridized carbons (Fsp3) is 0.350. The van der Waals surface area contributed by atoms with Crippen LogP contribution in [0.15, 0.2) is 36.4 Å². The van der Waals surface area contributed by atoms with Crippen molar-refractivity contribution in [1.29, 1.82) is 0 Å². The number of hydrogen-bond acceptors (Lipinski definition) is 1. The Morgan fingerprint density at radius 1 is 1.21 bits per heavy atom. The molecule has 3 rings (SSSR count). The van der Waals surface area contributed by atoms with E-state index in [1.54, 1.807) is 0 Å². The molecule has 0 heterocycles. The summed E-state index contributed by atoms with van der Waals surface area (Å²) in [6.45, 7) is 2.04. The summed E-state index contributed by atoms with van der Waals surface area (Å²) in [6.07, 6.45) is 3.25. The maximum absolute atomic E-state index is 11.1. The van der Waals surface area contributed by atoms with Crippen molar-refractivity contribution < 1.29 is 10.5 Å². The topological polar surface area (TPSA) is 70.7 Å². The minimum absolute atomic E-state index is 0.257. The van der Waals surface area contributed by atoms with Gasteiger partial charge in [-0.05, 0) is 48.1 Å². The highest BCUT2D eigenvalue weighted by Gasteiger charge is 2.28. The van der Waals surface area contributed by atoms with Gasteiger partial charge in [0, 0.05) is 29.3 Å². The molecule has 4 heteroatoms. The number of hydrogen-bond donors (Lipinski definition) is 2. The lowest BCUT2D eigenvalue weighted by Crippen LogP contribution is -2.54. The van der Waals surface area contributed by atoms with Crippen LogP contribution in [0.5, 0.6) is 0 Å². The minimum atomic E-state index is -0.257. The first-order valence-electron chi connectivity index (χ1n) is 8.46. The number of carbonyl (C=O) groups is 1. The number of quaternary nitrogens is 1. The first kappa shape index (κ1) is 17.0. The van der Waals surface area contributed by atoms with E-state index in [1.165, 1.54) is 16.7 Å². The van der Waals surface area contributed by atoms with E-state index >= 15 is 0 Å².